The Hall–Kier alpha value is -1.57. The van der Waals surface area contributed by atoms with Gasteiger partial charge in [-0.05, 0) is 18.4 Å². The van der Waals surface area contributed by atoms with Gasteiger partial charge in [-0.3, -0.25) is 0 Å². The Kier molecular flexibility index (Phi) is 26.2. The van der Waals surface area contributed by atoms with Gasteiger partial charge in [-0.2, -0.15) is 0 Å². The molecule has 2 rings (SSSR count). The van der Waals surface area contributed by atoms with Gasteiger partial charge in [0.25, 0.3) is 5.82 Å². The summed E-state index contributed by atoms with van der Waals surface area (Å²) in [5.41, 5.74) is 1.40. The van der Waals surface area contributed by atoms with E-state index < -0.39 is 0 Å². The topological polar surface area (TPSA) is 19.7 Å². The summed E-state index contributed by atoms with van der Waals surface area (Å²) >= 11 is 0. The summed E-state index contributed by atoms with van der Waals surface area (Å²) in [5, 5.41) is 0. The van der Waals surface area contributed by atoms with E-state index in [1.165, 1.54) is 204 Å². The summed E-state index contributed by atoms with van der Waals surface area (Å²) in [6.45, 7) is 5.60. The Morgan fingerprint density at radius 3 is 1.20 bits per heavy atom. The first-order valence-electron chi connectivity index (χ1n) is 20.5. The van der Waals surface area contributed by atoms with Crippen LogP contribution in [0.1, 0.15) is 224 Å². The third-order valence-corrected chi connectivity index (χ3v) is 10.2. The summed E-state index contributed by atoms with van der Waals surface area (Å²) in [6.07, 6.45) is 47.4. The Morgan fingerprint density at radius 1 is 0.467 bits per heavy atom. The van der Waals surface area contributed by atoms with E-state index in [0.717, 1.165) is 6.54 Å². The highest BCUT2D eigenvalue weighted by atomic mass is 15.1. The molecule has 2 aromatic rings. The van der Waals surface area contributed by atoms with Crippen molar-refractivity contribution in [2.75, 3.05) is 0 Å². The molecule has 2 heteroatoms. The van der Waals surface area contributed by atoms with Gasteiger partial charge in [-0.15, -0.1) is 0 Å². The predicted octanol–water partition coefficient (Wildman–Crippen LogP) is 14.2. The Labute approximate surface area is 282 Å². The van der Waals surface area contributed by atoms with Crippen LogP contribution < -0.4 is 4.57 Å². The molecule has 0 fully saturated rings. The maximum absolute atomic E-state index is 3.69. The quantitative estimate of drug-likeness (QED) is 0.0604. The molecule has 0 spiro atoms. The fourth-order valence-corrected chi connectivity index (χ4v) is 7.23. The van der Waals surface area contributed by atoms with Crippen molar-refractivity contribution in [1.82, 2.24) is 4.98 Å². The predicted molar refractivity (Wildman–Crippen MR) is 199 cm³/mol. The molecule has 1 N–H and O–H groups in total. The van der Waals surface area contributed by atoms with Gasteiger partial charge in [-0.1, -0.05) is 224 Å². The second-order valence-electron chi connectivity index (χ2n) is 14.4. The zero-order valence-corrected chi connectivity index (χ0v) is 30.5. The van der Waals surface area contributed by atoms with Crippen LogP contribution in [0.25, 0.3) is 0 Å². The first-order valence-corrected chi connectivity index (χ1v) is 20.5. The van der Waals surface area contributed by atoms with Crippen LogP contribution in [0.15, 0.2) is 42.7 Å². The van der Waals surface area contributed by atoms with E-state index in [9.17, 15) is 0 Å². The summed E-state index contributed by atoms with van der Waals surface area (Å²) in [4.78, 5) is 3.69. The number of hydrogen-bond donors (Lipinski definition) is 1. The van der Waals surface area contributed by atoms with Crippen molar-refractivity contribution in [3.63, 3.8) is 0 Å². The van der Waals surface area contributed by atoms with Crippen LogP contribution in [0.3, 0.4) is 0 Å². The summed E-state index contributed by atoms with van der Waals surface area (Å²) in [5.74, 6) is 2.13. The highest BCUT2D eigenvalue weighted by molar-refractivity contribution is 5.13. The maximum atomic E-state index is 3.69. The number of nitrogens with zero attached hydrogens (tertiary/aromatic N) is 1. The molecule has 45 heavy (non-hydrogen) atoms. The molecule has 0 aliphatic rings. The molecular weight excluding hydrogens is 544 g/mol. The van der Waals surface area contributed by atoms with Crippen molar-refractivity contribution in [3.8, 4) is 0 Å². The number of nitrogens with one attached hydrogen (secondary N) is 1. The molecule has 0 aliphatic carbocycles. The van der Waals surface area contributed by atoms with Gasteiger partial charge in [0, 0.05) is 0 Å². The average molecular weight is 622 g/mol. The SMILES string of the molecule is CCCCCCCCCCCCCCCCC[C@H](CCCCCCCCCCCCCCC)c1[nH]cc[n+]1Cc1ccccc1. The normalized spacial score (nSPS) is 12.2. The third kappa shape index (κ3) is 21.8. The number of benzene rings is 1. The van der Waals surface area contributed by atoms with Crippen molar-refractivity contribution in [2.45, 2.75) is 219 Å². The van der Waals surface area contributed by atoms with Crippen LogP contribution in [0.2, 0.25) is 0 Å². The summed E-state index contributed by atoms with van der Waals surface area (Å²) < 4.78 is 2.49. The van der Waals surface area contributed by atoms with E-state index in [1.54, 1.807) is 0 Å². The minimum absolute atomic E-state index is 0.665. The third-order valence-electron chi connectivity index (χ3n) is 10.2. The lowest BCUT2D eigenvalue weighted by atomic mass is 9.93. The maximum Gasteiger partial charge on any atom is 0.257 e. The molecule has 1 aromatic carbocycles. The first-order chi connectivity index (χ1) is 22.3. The standard InChI is InChI=1S/C43H76N2/c1-3-5-7-9-11-13-15-17-18-20-22-24-26-28-33-37-42(43-44-38-39-45(43)40-41-34-30-29-31-35-41)36-32-27-25-23-21-19-16-14-12-10-8-6-4-2/h29-31,34-35,38-39,42H,3-28,32-33,36-37,40H2,1-2H3/p+1/t42-/m0/s1. The number of rotatable bonds is 33. The number of H-pyrrole nitrogens is 1. The smallest absolute Gasteiger partial charge is 0.247 e. The molecule has 258 valence electrons. The molecule has 1 aromatic heterocycles. The molecule has 0 unspecified atom stereocenters. The lowest BCUT2D eigenvalue weighted by molar-refractivity contribution is -0.695. The largest absolute Gasteiger partial charge is 0.257 e. The van der Waals surface area contributed by atoms with Crippen LogP contribution in [0.5, 0.6) is 0 Å². The van der Waals surface area contributed by atoms with Crippen LogP contribution >= 0.6 is 0 Å². The summed E-state index contributed by atoms with van der Waals surface area (Å²) in [7, 11) is 0. The monoisotopic (exact) mass is 622 g/mol. The summed E-state index contributed by atoms with van der Waals surface area (Å²) in [6, 6.07) is 11.0. The molecular formula is C43H77N2+. The van der Waals surface area contributed by atoms with E-state index in [4.69, 9.17) is 0 Å². The van der Waals surface area contributed by atoms with Crippen LogP contribution in [0.4, 0.5) is 0 Å². The van der Waals surface area contributed by atoms with Gasteiger partial charge in [0.2, 0.25) is 0 Å². The zero-order valence-electron chi connectivity index (χ0n) is 30.5. The molecule has 0 aliphatic heterocycles. The van der Waals surface area contributed by atoms with Crippen molar-refractivity contribution in [2.24, 2.45) is 0 Å². The highest BCUT2D eigenvalue weighted by Crippen LogP contribution is 2.26. The lowest BCUT2D eigenvalue weighted by Gasteiger charge is -2.14. The van der Waals surface area contributed by atoms with Gasteiger partial charge >= 0.3 is 0 Å². The molecule has 1 atom stereocenters. The fraction of sp³-hybridized carbons (Fsp3) is 0.791. The Morgan fingerprint density at radius 2 is 0.822 bits per heavy atom. The number of aromatic nitrogens is 2. The van der Waals surface area contributed by atoms with Crippen molar-refractivity contribution >= 4 is 0 Å². The second-order valence-corrected chi connectivity index (χ2v) is 14.4. The van der Waals surface area contributed by atoms with Gasteiger partial charge in [0.05, 0.1) is 5.92 Å². The van der Waals surface area contributed by atoms with Gasteiger partial charge in [0.15, 0.2) is 0 Å². The lowest BCUT2D eigenvalue weighted by Crippen LogP contribution is -2.38. The Balaban J connectivity index is 1.61. The van der Waals surface area contributed by atoms with Gasteiger partial charge in [-0.25, -0.2) is 9.55 Å². The molecule has 0 saturated heterocycles. The van der Waals surface area contributed by atoms with Crippen LogP contribution in [-0.2, 0) is 6.54 Å². The minimum atomic E-state index is 0.665. The van der Waals surface area contributed by atoms with Crippen LogP contribution in [0, 0.1) is 0 Å². The minimum Gasteiger partial charge on any atom is -0.247 e. The number of aromatic amines is 1. The Bertz CT molecular complexity index is 856. The molecule has 0 bridgehead atoms. The van der Waals surface area contributed by atoms with Crippen molar-refractivity contribution in [1.29, 1.82) is 0 Å². The molecule has 0 saturated carbocycles. The van der Waals surface area contributed by atoms with Crippen molar-refractivity contribution in [3.05, 3.63) is 54.1 Å². The van der Waals surface area contributed by atoms with E-state index in [0.29, 0.717) is 5.92 Å². The number of hydrogen-bond acceptors (Lipinski definition) is 0. The second kappa shape index (κ2) is 29.8. The van der Waals surface area contributed by atoms with Gasteiger partial charge in [0.1, 0.15) is 18.9 Å². The van der Waals surface area contributed by atoms with E-state index in [-0.39, 0.29) is 0 Å². The number of imidazole rings is 1. The van der Waals surface area contributed by atoms with Crippen LogP contribution in [-0.4, -0.2) is 4.98 Å². The molecule has 1 heterocycles. The average Bonchev–Trinajstić information content (AvgIpc) is 3.52. The fourth-order valence-electron chi connectivity index (χ4n) is 7.23. The molecule has 2 nitrogen and oxygen atoms in total. The van der Waals surface area contributed by atoms with E-state index >= 15 is 0 Å². The van der Waals surface area contributed by atoms with E-state index in [2.05, 4.69) is 66.1 Å². The highest BCUT2D eigenvalue weighted by Gasteiger charge is 2.22. The van der Waals surface area contributed by atoms with E-state index in [1.807, 2.05) is 0 Å². The molecule has 0 radical (unpaired) electrons. The van der Waals surface area contributed by atoms with Gasteiger partial charge < -0.3 is 0 Å². The first kappa shape index (κ1) is 39.6. The van der Waals surface area contributed by atoms with Crippen molar-refractivity contribution < 1.29 is 4.57 Å². The molecule has 0 amide bonds. The zero-order chi connectivity index (χ0) is 31.9. The number of unbranched alkanes of at least 4 members (excludes halogenated alkanes) is 26.